The first-order valence-corrected chi connectivity index (χ1v) is 3.85. The Bertz CT molecular complexity index is 428. The first-order valence-electron chi connectivity index (χ1n) is 3.85. The van der Waals surface area contributed by atoms with Crippen molar-refractivity contribution in [2.24, 2.45) is 4.99 Å². The van der Waals surface area contributed by atoms with Crippen molar-refractivity contribution in [3.05, 3.63) is 29.1 Å². The fourth-order valence-corrected chi connectivity index (χ4v) is 1.08. The summed E-state index contributed by atoms with van der Waals surface area (Å²) in [6.45, 7) is -0.319. The lowest BCUT2D eigenvalue weighted by molar-refractivity contribution is 0.355. The van der Waals surface area contributed by atoms with E-state index in [0.29, 0.717) is 0 Å². The van der Waals surface area contributed by atoms with Gasteiger partial charge >= 0.3 is 0 Å². The minimum Gasteiger partial charge on any atom is -0.493 e. The fraction of sp³-hybridized carbons (Fsp3) is 0.222. The molecule has 0 fully saturated rings. The van der Waals surface area contributed by atoms with Crippen LogP contribution in [-0.4, -0.2) is 13.2 Å². The van der Waals surface area contributed by atoms with Crippen LogP contribution in [-0.2, 0) is 11.3 Å². The first-order chi connectivity index (χ1) is 7.11. The van der Waals surface area contributed by atoms with E-state index in [1.54, 1.807) is 0 Å². The zero-order chi connectivity index (χ0) is 11.4. The number of nitrogens with zero attached hydrogens (tertiary/aromatic N) is 1. The van der Waals surface area contributed by atoms with Gasteiger partial charge in [-0.05, 0) is 6.07 Å². The maximum atomic E-state index is 13.1. The van der Waals surface area contributed by atoms with Gasteiger partial charge in [-0.2, -0.15) is 4.39 Å². The summed E-state index contributed by atoms with van der Waals surface area (Å²) in [5, 5.41) is 0. The maximum Gasteiger partial charge on any atom is 0.235 e. The molecule has 0 aliphatic carbocycles. The number of methoxy groups -OCH3 is 1. The quantitative estimate of drug-likeness (QED) is 0.441. The molecule has 0 N–H and O–H groups in total. The Morgan fingerprint density at radius 3 is 2.60 bits per heavy atom. The predicted molar refractivity (Wildman–Crippen MR) is 44.7 cm³/mol. The minimum absolute atomic E-state index is 0.0581. The molecule has 80 valence electrons. The van der Waals surface area contributed by atoms with Crippen molar-refractivity contribution in [2.45, 2.75) is 6.54 Å². The van der Waals surface area contributed by atoms with Crippen LogP contribution in [0.3, 0.4) is 0 Å². The molecule has 0 saturated carbocycles. The summed E-state index contributed by atoms with van der Waals surface area (Å²) in [6.07, 6.45) is 1.20. The topological polar surface area (TPSA) is 38.7 Å². The molecule has 1 aromatic rings. The van der Waals surface area contributed by atoms with Crippen molar-refractivity contribution in [3.8, 4) is 5.75 Å². The van der Waals surface area contributed by atoms with Gasteiger partial charge in [0.25, 0.3) is 0 Å². The minimum atomic E-state index is -1.62. The summed E-state index contributed by atoms with van der Waals surface area (Å²) in [6, 6.07) is 0.720. The van der Waals surface area contributed by atoms with Gasteiger partial charge in [0, 0.05) is 5.56 Å². The third kappa shape index (κ3) is 2.16. The summed E-state index contributed by atoms with van der Waals surface area (Å²) in [5.74, 6) is -4.88. The molecule has 0 unspecified atom stereocenters. The van der Waals surface area contributed by atoms with Gasteiger partial charge in [0.1, 0.15) is 0 Å². The summed E-state index contributed by atoms with van der Waals surface area (Å²) < 4.78 is 43.1. The van der Waals surface area contributed by atoms with Crippen LogP contribution in [0.1, 0.15) is 5.56 Å². The van der Waals surface area contributed by atoms with E-state index < -0.39 is 23.2 Å². The number of rotatable bonds is 3. The van der Waals surface area contributed by atoms with Crippen molar-refractivity contribution in [1.82, 2.24) is 0 Å². The van der Waals surface area contributed by atoms with Gasteiger partial charge < -0.3 is 4.74 Å². The van der Waals surface area contributed by atoms with Crippen LogP contribution in [0, 0.1) is 17.5 Å². The predicted octanol–water partition coefficient (Wildman–Crippen LogP) is 1.95. The van der Waals surface area contributed by atoms with Crippen LogP contribution in [0.25, 0.3) is 0 Å². The molecular formula is C9H6F3NO2. The SMILES string of the molecule is COc1c(CN=C=O)cc(F)c(F)c1F. The monoisotopic (exact) mass is 217 g/mol. The molecule has 0 bridgehead atoms. The zero-order valence-electron chi connectivity index (χ0n) is 7.68. The molecule has 0 aliphatic heterocycles. The molecule has 0 aromatic heterocycles. The van der Waals surface area contributed by atoms with Crippen molar-refractivity contribution in [2.75, 3.05) is 7.11 Å². The van der Waals surface area contributed by atoms with E-state index in [0.717, 1.165) is 13.2 Å². The Labute approximate surface area is 83.2 Å². The van der Waals surface area contributed by atoms with E-state index in [1.165, 1.54) is 6.08 Å². The van der Waals surface area contributed by atoms with E-state index in [9.17, 15) is 18.0 Å². The number of ether oxygens (including phenoxy) is 1. The molecule has 15 heavy (non-hydrogen) atoms. The van der Waals surface area contributed by atoms with Crippen molar-refractivity contribution in [3.63, 3.8) is 0 Å². The largest absolute Gasteiger partial charge is 0.493 e. The van der Waals surface area contributed by atoms with Gasteiger partial charge in [-0.3, -0.25) is 0 Å². The molecule has 0 amide bonds. The molecule has 6 heteroatoms. The van der Waals surface area contributed by atoms with Crippen LogP contribution in [0.2, 0.25) is 0 Å². The Balaban J connectivity index is 3.31. The molecule has 1 aromatic carbocycles. The molecule has 0 radical (unpaired) electrons. The molecule has 1 rings (SSSR count). The Morgan fingerprint density at radius 2 is 2.07 bits per heavy atom. The lowest BCUT2D eigenvalue weighted by Gasteiger charge is -2.08. The molecule has 0 heterocycles. The standard InChI is InChI=1S/C9H6F3NO2/c1-15-9-5(3-13-4-14)2-6(10)7(11)8(9)12/h2H,3H2,1H3. The lowest BCUT2D eigenvalue weighted by atomic mass is 10.2. The lowest BCUT2D eigenvalue weighted by Crippen LogP contribution is -2.00. The third-order valence-corrected chi connectivity index (χ3v) is 1.71. The molecule has 0 spiro atoms. The number of benzene rings is 1. The first kappa shape index (κ1) is 11.3. The van der Waals surface area contributed by atoms with Crippen LogP contribution in [0.5, 0.6) is 5.75 Å². The number of aliphatic imine (C=N–C) groups is 1. The number of isocyanates is 1. The number of hydrogen-bond acceptors (Lipinski definition) is 3. The second-order valence-electron chi connectivity index (χ2n) is 2.59. The van der Waals surface area contributed by atoms with Gasteiger partial charge in [0.15, 0.2) is 17.4 Å². The van der Waals surface area contributed by atoms with Crippen molar-refractivity contribution in [1.29, 1.82) is 0 Å². The van der Waals surface area contributed by atoms with E-state index in [4.69, 9.17) is 0 Å². The van der Waals surface area contributed by atoms with Gasteiger partial charge in [0.2, 0.25) is 11.9 Å². The summed E-state index contributed by atoms with van der Waals surface area (Å²) >= 11 is 0. The van der Waals surface area contributed by atoms with E-state index in [2.05, 4.69) is 9.73 Å². The van der Waals surface area contributed by atoms with Gasteiger partial charge in [-0.1, -0.05) is 0 Å². The third-order valence-electron chi connectivity index (χ3n) is 1.71. The van der Waals surface area contributed by atoms with Crippen LogP contribution >= 0.6 is 0 Å². The summed E-state index contributed by atoms with van der Waals surface area (Å²) in [7, 11) is 1.10. The van der Waals surface area contributed by atoms with E-state index >= 15 is 0 Å². The highest BCUT2D eigenvalue weighted by Crippen LogP contribution is 2.27. The van der Waals surface area contributed by atoms with Crippen molar-refractivity contribution < 1.29 is 22.7 Å². The summed E-state index contributed by atoms with van der Waals surface area (Å²) in [5.41, 5.74) is -0.0581. The van der Waals surface area contributed by atoms with Gasteiger partial charge in [0.05, 0.1) is 13.7 Å². The average Bonchev–Trinajstić information content (AvgIpc) is 2.23. The smallest absolute Gasteiger partial charge is 0.235 e. The second kappa shape index (κ2) is 4.61. The Hall–Kier alpha value is -1.81. The molecule has 0 aliphatic rings. The number of hydrogen-bond donors (Lipinski definition) is 0. The van der Waals surface area contributed by atoms with Crippen LogP contribution < -0.4 is 4.74 Å². The van der Waals surface area contributed by atoms with Crippen LogP contribution in [0.4, 0.5) is 13.2 Å². The van der Waals surface area contributed by atoms with E-state index in [1.807, 2.05) is 0 Å². The Kier molecular flexibility index (Phi) is 3.46. The molecular weight excluding hydrogens is 211 g/mol. The molecule has 0 atom stereocenters. The van der Waals surface area contributed by atoms with Crippen molar-refractivity contribution >= 4 is 6.08 Å². The fourth-order valence-electron chi connectivity index (χ4n) is 1.08. The van der Waals surface area contributed by atoms with Gasteiger partial charge in [-0.15, -0.1) is 0 Å². The zero-order valence-corrected chi connectivity index (χ0v) is 7.68. The van der Waals surface area contributed by atoms with Crippen LogP contribution in [0.15, 0.2) is 11.1 Å². The maximum absolute atomic E-state index is 13.1. The molecule has 3 nitrogen and oxygen atoms in total. The Morgan fingerprint density at radius 1 is 1.40 bits per heavy atom. The highest BCUT2D eigenvalue weighted by Gasteiger charge is 2.18. The average molecular weight is 217 g/mol. The number of carbonyl (C=O) groups excluding carboxylic acids is 1. The molecule has 0 saturated heterocycles. The second-order valence-corrected chi connectivity index (χ2v) is 2.59. The van der Waals surface area contributed by atoms with Gasteiger partial charge in [-0.25, -0.2) is 18.6 Å². The number of halogens is 3. The normalized spacial score (nSPS) is 9.60. The highest BCUT2D eigenvalue weighted by atomic mass is 19.2. The van der Waals surface area contributed by atoms with E-state index in [-0.39, 0.29) is 12.1 Å². The summed E-state index contributed by atoms with van der Waals surface area (Å²) in [4.78, 5) is 12.9. The highest BCUT2D eigenvalue weighted by molar-refractivity contribution is 5.39.